The third kappa shape index (κ3) is 37.0. The van der Waals surface area contributed by atoms with E-state index in [1.165, 1.54) is 10.8 Å². The van der Waals surface area contributed by atoms with Crippen molar-refractivity contribution in [1.82, 2.24) is 78.5 Å². The molecular formula is C58H71BBr8Cl5F3IN17NaO11P. The number of H-pyrrole nitrogens is 4. The van der Waals surface area contributed by atoms with Gasteiger partial charge in [-0.15, -0.1) is 13.2 Å². The van der Waals surface area contributed by atoms with Crippen LogP contribution >= 0.6 is 212 Å². The van der Waals surface area contributed by atoms with Crippen molar-refractivity contribution >= 4 is 292 Å². The number of aliphatic hydroxyl groups excluding tert-OH is 1. The molecule has 12 aromatic rings. The van der Waals surface area contributed by atoms with Crippen LogP contribution in [0.15, 0.2) is 139 Å². The van der Waals surface area contributed by atoms with Gasteiger partial charge in [-0.25, -0.2) is 44.9 Å². The minimum atomic E-state index is -4.74. The van der Waals surface area contributed by atoms with Crippen LogP contribution in [0.25, 0.3) is 55.2 Å². The number of fused-ring (bicyclic) bond motifs is 5. The number of nitrogen functional groups attached to an aromatic ring is 1. The number of aromatic nitrogens is 16. The summed E-state index contributed by atoms with van der Waals surface area (Å²) in [5.41, 5.74) is 13.8. The average Bonchev–Trinajstić information content (AvgIpc) is 1.66. The molecule has 0 amide bonds. The Morgan fingerprint density at radius 2 is 0.981 bits per heavy atom. The molecular weight excluding hydrogens is 2180 g/mol. The van der Waals surface area contributed by atoms with Crippen molar-refractivity contribution in [3.05, 3.63) is 160 Å². The zero-order chi connectivity index (χ0) is 77.1. The fourth-order valence-electron chi connectivity index (χ4n) is 7.04. The van der Waals surface area contributed by atoms with Gasteiger partial charge in [0.25, 0.3) is 17.6 Å². The van der Waals surface area contributed by atoms with Gasteiger partial charge in [-0.3, -0.25) is 18.9 Å². The first-order valence-corrected chi connectivity index (χ1v) is 40.1. The van der Waals surface area contributed by atoms with E-state index in [0.29, 0.717) is 48.5 Å². The molecule has 12 rings (SSSR count). The van der Waals surface area contributed by atoms with E-state index >= 15 is 0 Å². The topological polar surface area (TPSA) is 411 Å². The quantitative estimate of drug-likeness (QED) is 0.0186. The largest absolute Gasteiger partial charge is 1.00 e. The van der Waals surface area contributed by atoms with Crippen molar-refractivity contribution in [2.75, 3.05) is 31.5 Å². The molecule has 0 aliphatic rings. The first-order chi connectivity index (χ1) is 47.7. The number of hydrogen-bond acceptors (Lipinski definition) is 20. The van der Waals surface area contributed by atoms with E-state index in [1.54, 1.807) is 69.6 Å². The van der Waals surface area contributed by atoms with Crippen LogP contribution < -0.4 is 66.5 Å². The Kier molecular flexibility index (Phi) is 60.8. The SMILES string of the molecule is C.C.C.C.CCI.CCn1cnc2c(Br)c[nH]c(=O)c21.CCn1cnc2c(Br)cnc(Cl)c21.CCn1cnc2c(Br)cnc(OC)c21.CO.C[O-].Clc1ncc(Br)c2nc[nH]c12.Nc1c(Br)cnc(Br)c1Br.O=CO.O=P(Cl)(Cl)Cl.O=c1[nH]cc(Br)c2nc[nH]c12.OB(O)c1ccc(OC(F)(F)F)cc1.[Na+]. The van der Waals surface area contributed by atoms with Crippen LogP contribution in [0.1, 0.15) is 57.4 Å². The van der Waals surface area contributed by atoms with E-state index < -0.39 is 24.4 Å². The number of carboxylic acid groups (broad SMARTS) is 1. The van der Waals surface area contributed by atoms with Gasteiger partial charge in [0.05, 0.1) is 75.7 Å². The number of imidazole rings is 5. The predicted molar refractivity (Wildman–Crippen MR) is 452 cm³/mol. The molecule has 582 valence electrons. The maximum atomic E-state index is 11.7. The number of aryl methyl sites for hydroxylation is 3. The van der Waals surface area contributed by atoms with Crippen molar-refractivity contribution in [3.8, 4) is 11.6 Å². The van der Waals surface area contributed by atoms with Gasteiger partial charge in [0.1, 0.15) is 65.5 Å². The number of ether oxygens (including phenoxy) is 2. The van der Waals surface area contributed by atoms with E-state index in [0.717, 1.165) is 123 Å². The summed E-state index contributed by atoms with van der Waals surface area (Å²) in [5.74, 6) is 0.212. The average molecular weight is 2250 g/mol. The molecule has 0 atom stereocenters. The Morgan fingerprint density at radius 3 is 1.40 bits per heavy atom. The summed E-state index contributed by atoms with van der Waals surface area (Å²) in [6, 6.07) is 4.27. The van der Waals surface area contributed by atoms with Gasteiger partial charge in [-0.2, -0.15) is 7.11 Å². The normalized spacial score (nSPS) is 9.70. The van der Waals surface area contributed by atoms with Crippen LogP contribution in [0.3, 0.4) is 0 Å². The number of carbonyl (C=O) groups is 1. The number of benzene rings is 1. The molecule has 0 saturated carbocycles. The van der Waals surface area contributed by atoms with Gasteiger partial charge in [-0.05, 0) is 204 Å². The molecule has 0 aliphatic heterocycles. The fraction of sp³-hybridized carbons (Fsp3) is 0.276. The van der Waals surface area contributed by atoms with Crippen molar-refractivity contribution < 1.29 is 86.9 Å². The zero-order valence-electron chi connectivity index (χ0n) is 53.6. The first kappa shape index (κ1) is 111. The van der Waals surface area contributed by atoms with Crippen molar-refractivity contribution in [1.29, 1.82) is 0 Å². The minimum Gasteiger partial charge on any atom is -0.857 e. The minimum absolute atomic E-state index is 0. The van der Waals surface area contributed by atoms with E-state index in [-0.39, 0.29) is 82.3 Å². The van der Waals surface area contributed by atoms with Crippen molar-refractivity contribution in [2.24, 2.45) is 0 Å². The van der Waals surface area contributed by atoms with Crippen LogP contribution in [-0.4, -0.2) is 144 Å². The Bertz CT molecular complexity index is 4630. The number of halogens is 17. The van der Waals surface area contributed by atoms with E-state index in [4.69, 9.17) is 63.8 Å². The number of nitrogens with two attached hydrogens (primary N) is 1. The van der Waals surface area contributed by atoms with Crippen LogP contribution in [0.5, 0.6) is 11.6 Å². The molecule has 106 heavy (non-hydrogen) atoms. The molecule has 28 nitrogen and oxygen atoms in total. The molecule has 0 unspecified atom stereocenters. The number of nitrogens with one attached hydrogen (secondary N) is 4. The number of hydrogen-bond donors (Lipinski definition) is 9. The van der Waals surface area contributed by atoms with Crippen LogP contribution in [-0.2, 0) is 29.0 Å². The Labute approximate surface area is 735 Å². The summed E-state index contributed by atoms with van der Waals surface area (Å²) in [6.45, 7) is 10.4. The second kappa shape index (κ2) is 57.8. The molecule has 0 saturated heterocycles. The number of alkyl halides is 4. The molecule has 0 bridgehead atoms. The maximum absolute atomic E-state index is 11.7. The number of aromatic amines is 4. The Hall–Kier alpha value is -3.12. The van der Waals surface area contributed by atoms with Crippen LogP contribution in [0, 0.1) is 0 Å². The maximum Gasteiger partial charge on any atom is 1.00 e. The molecule has 0 fully saturated rings. The Morgan fingerprint density at radius 1 is 0.613 bits per heavy atom. The summed E-state index contributed by atoms with van der Waals surface area (Å²) >= 11 is 54.3. The third-order valence-corrected chi connectivity index (χ3v) is 17.2. The molecule has 11 aromatic heterocycles. The van der Waals surface area contributed by atoms with E-state index in [2.05, 4.69) is 267 Å². The van der Waals surface area contributed by atoms with Crippen LogP contribution in [0.2, 0.25) is 10.3 Å². The fourth-order valence-corrected chi connectivity index (χ4v) is 10.7. The molecule has 11 heterocycles. The smallest absolute Gasteiger partial charge is 0.857 e. The summed E-state index contributed by atoms with van der Waals surface area (Å²) in [5, 5.41) is 37.1. The van der Waals surface area contributed by atoms with Crippen LogP contribution in [0.4, 0.5) is 18.9 Å². The number of pyridine rings is 6. The monoisotopic (exact) mass is 2240 g/mol. The van der Waals surface area contributed by atoms with Gasteiger partial charge in [0, 0.05) is 63.9 Å². The Balaban J connectivity index is -0.000000360. The molecule has 0 radical (unpaired) electrons. The van der Waals surface area contributed by atoms with Crippen molar-refractivity contribution in [3.63, 3.8) is 0 Å². The first-order valence-electron chi connectivity index (χ1n) is 27.1. The molecule has 1 aromatic carbocycles. The predicted octanol–water partition coefficient (Wildman–Crippen LogP) is 15.3. The molecule has 0 aliphatic carbocycles. The summed E-state index contributed by atoms with van der Waals surface area (Å²) < 4.78 is 66.8. The zero-order valence-corrected chi connectivity index (χ0v) is 75.1. The summed E-state index contributed by atoms with van der Waals surface area (Å²) in [6.07, 6.45) is 13.4. The number of anilines is 1. The van der Waals surface area contributed by atoms with Gasteiger partial charge < -0.3 is 74.2 Å². The number of aliphatic hydroxyl groups is 1. The third-order valence-electron chi connectivity index (χ3n) is 11.1. The van der Waals surface area contributed by atoms with E-state index in [9.17, 15) is 27.3 Å². The second-order valence-corrected chi connectivity index (χ2v) is 32.7. The number of rotatable bonds is 6. The van der Waals surface area contributed by atoms with Gasteiger partial charge >= 0.3 is 48.2 Å². The van der Waals surface area contributed by atoms with Crippen molar-refractivity contribution in [2.45, 2.75) is 83.4 Å². The standard InChI is InChI=1S/C9H10BrN3O.C8H7BrClN3.C8H8BrN3O.C7H6BF3O3.C6H3BrClN3.C6H4BrN3O.C5H3Br3N2.C2H5I.CH2O2.CH4O.CH3O.4CH4.Cl3OP.Na/c1-3-13-5-12-7-6(10)4-11-9(14-2)8(7)13;1-2-13-4-12-6-5(9)3-11-8(10)7(6)13;1-2-12-4-11-6-5(9)3-10-8(13)7(6)12;9-7(10,11)14-6-3-1-5(2-4-6)8(12)13;7-3-1-9-6(8)5-4(3)10-2-11-5;7-3-1-8-6(11)5-4(3)9-2-10-5;6-2-1-10-5(8)3(7)4(2)9;1-2-3;2-1-3;2*1-2;;;;;1-5(2,3)4;/h4-5H,3H2,1-2H3;3-4H,2H2,1H3;3-4H,2H2,1H3,(H,10,13);1-4,12-13H;1-2H,(H,10,11);1-2H,(H,8,11)(H,9,10);1H,(H2,9,10);2H2,1H3;1H,(H,2,3);2H,1H3;1H3;4*1H4;;/q;;;;;;;;;;-1;;;;;;+1. The second-order valence-electron chi connectivity index (χ2n) is 17.2. The van der Waals surface area contributed by atoms with Gasteiger partial charge in [0.15, 0.2) is 10.3 Å². The molecule has 0 spiro atoms. The van der Waals surface area contributed by atoms with E-state index in [1.807, 2.05) is 27.5 Å². The number of nitrogens with zero attached hydrogens (tertiary/aromatic N) is 12. The van der Waals surface area contributed by atoms with Gasteiger partial charge in [0.2, 0.25) is 5.88 Å². The molecule has 10 N–H and O–H groups in total. The summed E-state index contributed by atoms with van der Waals surface area (Å²) in [7, 11) is 1.66. The summed E-state index contributed by atoms with van der Waals surface area (Å²) in [4.78, 5) is 78.5. The number of methoxy groups -OCH3 is 1. The van der Waals surface area contributed by atoms with Gasteiger partial charge in [-0.1, -0.05) is 94.6 Å². The molecule has 48 heteroatoms.